The summed E-state index contributed by atoms with van der Waals surface area (Å²) in [6.45, 7) is 4.86. The van der Waals surface area contributed by atoms with Crippen LogP contribution in [-0.2, 0) is 4.74 Å². The van der Waals surface area contributed by atoms with E-state index in [-0.39, 0.29) is 5.97 Å². The van der Waals surface area contributed by atoms with Crippen molar-refractivity contribution in [2.24, 2.45) is 0 Å². The second-order valence-corrected chi connectivity index (χ2v) is 7.23. The van der Waals surface area contributed by atoms with Crippen LogP contribution in [0.5, 0.6) is 0 Å². The largest absolute Gasteiger partial charge is 0.462 e. The summed E-state index contributed by atoms with van der Waals surface area (Å²) in [5, 5.41) is 3.27. The summed E-state index contributed by atoms with van der Waals surface area (Å²) in [5.74, 6) is -0.163. The van der Waals surface area contributed by atoms with Crippen LogP contribution < -0.4 is 0 Å². The van der Waals surface area contributed by atoms with Gasteiger partial charge in [0.2, 0.25) is 0 Å². The van der Waals surface area contributed by atoms with E-state index in [1.807, 2.05) is 6.07 Å². The number of esters is 1. The molecule has 0 spiro atoms. The van der Waals surface area contributed by atoms with Crippen molar-refractivity contribution in [2.45, 2.75) is 52.4 Å². The molecular formula is C16H22O2S2. The average Bonchev–Trinajstić information content (AvgIpc) is 3.00. The standard InChI is InChI=1S/C16H22O2S2/c1-3-4-5-6-7-8-9-18-16(17)14-10-13-11-19-12(2)15(13)20-14/h10-11H,3-9H2,1-2H3. The van der Waals surface area contributed by atoms with Crippen molar-refractivity contribution >= 4 is 38.7 Å². The van der Waals surface area contributed by atoms with Crippen molar-refractivity contribution < 1.29 is 9.53 Å². The summed E-state index contributed by atoms with van der Waals surface area (Å²) in [5.41, 5.74) is 0. The van der Waals surface area contributed by atoms with E-state index in [0.29, 0.717) is 6.61 Å². The number of aryl methyl sites for hydroxylation is 1. The fourth-order valence-corrected chi connectivity index (χ4v) is 4.18. The highest BCUT2D eigenvalue weighted by molar-refractivity contribution is 7.24. The molecule has 0 N–H and O–H groups in total. The lowest BCUT2D eigenvalue weighted by molar-refractivity contribution is 0.0503. The minimum absolute atomic E-state index is 0.163. The van der Waals surface area contributed by atoms with Gasteiger partial charge in [-0.1, -0.05) is 39.0 Å². The fourth-order valence-electron chi connectivity index (χ4n) is 2.19. The molecule has 2 aromatic rings. The van der Waals surface area contributed by atoms with Gasteiger partial charge in [-0.25, -0.2) is 4.79 Å². The Labute approximate surface area is 128 Å². The van der Waals surface area contributed by atoms with Gasteiger partial charge in [0.15, 0.2) is 0 Å². The van der Waals surface area contributed by atoms with Crippen LogP contribution in [0.25, 0.3) is 10.1 Å². The molecule has 2 rings (SSSR count). The molecule has 0 saturated carbocycles. The van der Waals surface area contributed by atoms with Crippen molar-refractivity contribution in [1.29, 1.82) is 0 Å². The van der Waals surface area contributed by atoms with E-state index in [1.165, 1.54) is 40.6 Å². The Kier molecular flexibility index (Phi) is 6.05. The number of carbonyl (C=O) groups excluding carboxylic acids is 1. The van der Waals surface area contributed by atoms with E-state index in [2.05, 4.69) is 19.2 Å². The lowest BCUT2D eigenvalue weighted by Gasteiger charge is -2.03. The number of unbranched alkanes of at least 4 members (excludes halogenated alkanes) is 5. The molecule has 0 aliphatic carbocycles. The molecule has 2 heterocycles. The Morgan fingerprint density at radius 3 is 2.70 bits per heavy atom. The summed E-state index contributed by atoms with van der Waals surface area (Å²) in [7, 11) is 0. The topological polar surface area (TPSA) is 26.3 Å². The van der Waals surface area contributed by atoms with Crippen LogP contribution in [0.2, 0.25) is 0 Å². The number of carbonyl (C=O) groups is 1. The van der Waals surface area contributed by atoms with E-state index >= 15 is 0 Å². The van der Waals surface area contributed by atoms with E-state index < -0.39 is 0 Å². The van der Waals surface area contributed by atoms with Crippen molar-refractivity contribution in [3.8, 4) is 0 Å². The van der Waals surface area contributed by atoms with Crippen LogP contribution in [0.3, 0.4) is 0 Å². The maximum Gasteiger partial charge on any atom is 0.348 e. The SMILES string of the molecule is CCCCCCCCOC(=O)c1cc2csc(C)c2s1. The second kappa shape index (κ2) is 7.79. The van der Waals surface area contributed by atoms with Crippen molar-refractivity contribution in [2.75, 3.05) is 6.61 Å². The lowest BCUT2D eigenvalue weighted by Crippen LogP contribution is -2.04. The first-order valence-corrected chi connectivity index (χ1v) is 9.06. The van der Waals surface area contributed by atoms with Crippen LogP contribution in [-0.4, -0.2) is 12.6 Å². The highest BCUT2D eigenvalue weighted by Gasteiger charge is 2.13. The summed E-state index contributed by atoms with van der Waals surface area (Å²) >= 11 is 3.28. The minimum Gasteiger partial charge on any atom is -0.462 e. The number of rotatable bonds is 8. The molecule has 2 aromatic heterocycles. The van der Waals surface area contributed by atoms with E-state index in [4.69, 9.17) is 4.74 Å². The van der Waals surface area contributed by atoms with Gasteiger partial charge in [0.1, 0.15) is 4.88 Å². The summed E-state index contributed by atoms with van der Waals surface area (Å²) in [4.78, 5) is 14.0. The van der Waals surface area contributed by atoms with Crippen LogP contribution >= 0.6 is 22.7 Å². The van der Waals surface area contributed by atoms with Crippen LogP contribution in [0.4, 0.5) is 0 Å². The van der Waals surface area contributed by atoms with Crippen LogP contribution in [0.15, 0.2) is 11.4 Å². The smallest absolute Gasteiger partial charge is 0.348 e. The molecule has 0 aromatic carbocycles. The summed E-state index contributed by atoms with van der Waals surface area (Å²) < 4.78 is 6.57. The van der Waals surface area contributed by atoms with Gasteiger partial charge in [-0.05, 0) is 24.8 Å². The first-order chi connectivity index (χ1) is 9.72. The molecule has 2 nitrogen and oxygen atoms in total. The zero-order chi connectivity index (χ0) is 14.4. The molecule has 0 amide bonds. The zero-order valence-corrected chi connectivity index (χ0v) is 13.9. The average molecular weight is 310 g/mol. The van der Waals surface area contributed by atoms with Gasteiger partial charge in [0.25, 0.3) is 0 Å². The zero-order valence-electron chi connectivity index (χ0n) is 12.2. The first-order valence-electron chi connectivity index (χ1n) is 7.37. The number of hydrogen-bond donors (Lipinski definition) is 0. The Morgan fingerprint density at radius 1 is 1.20 bits per heavy atom. The van der Waals surface area contributed by atoms with Crippen LogP contribution in [0.1, 0.15) is 60.0 Å². The molecule has 0 aliphatic rings. The third kappa shape index (κ3) is 4.06. The number of ether oxygens (including phenoxy) is 1. The predicted molar refractivity (Wildman–Crippen MR) is 88.1 cm³/mol. The van der Waals surface area contributed by atoms with Crippen molar-refractivity contribution in [3.05, 3.63) is 21.2 Å². The summed E-state index contributed by atoms with van der Waals surface area (Å²) in [6.07, 6.45) is 7.26. The lowest BCUT2D eigenvalue weighted by atomic mass is 10.1. The first kappa shape index (κ1) is 15.5. The van der Waals surface area contributed by atoms with Gasteiger partial charge >= 0.3 is 5.97 Å². The molecule has 0 saturated heterocycles. The van der Waals surface area contributed by atoms with Crippen molar-refractivity contribution in [3.63, 3.8) is 0 Å². The number of fused-ring (bicyclic) bond motifs is 1. The molecule has 0 atom stereocenters. The summed E-state index contributed by atoms with van der Waals surface area (Å²) in [6, 6.07) is 1.95. The molecule has 0 radical (unpaired) electrons. The van der Waals surface area contributed by atoms with Gasteiger partial charge in [-0.2, -0.15) is 0 Å². The van der Waals surface area contributed by atoms with E-state index in [9.17, 15) is 4.79 Å². The number of hydrogen-bond acceptors (Lipinski definition) is 4. The maximum absolute atomic E-state index is 12.0. The third-order valence-corrected chi connectivity index (χ3v) is 5.68. The van der Waals surface area contributed by atoms with Gasteiger partial charge in [-0.3, -0.25) is 0 Å². The molecule has 4 heteroatoms. The monoisotopic (exact) mass is 310 g/mol. The Balaban J connectivity index is 1.72. The molecular weight excluding hydrogens is 288 g/mol. The highest BCUT2D eigenvalue weighted by atomic mass is 32.1. The Morgan fingerprint density at radius 2 is 1.95 bits per heavy atom. The molecule has 20 heavy (non-hydrogen) atoms. The van der Waals surface area contributed by atoms with Gasteiger partial charge in [-0.15, -0.1) is 22.7 Å². The quantitative estimate of drug-likeness (QED) is 0.456. The maximum atomic E-state index is 12.0. The van der Waals surface area contributed by atoms with Gasteiger partial charge in [0, 0.05) is 15.0 Å². The molecule has 0 bridgehead atoms. The second-order valence-electron chi connectivity index (χ2n) is 5.09. The van der Waals surface area contributed by atoms with Crippen LogP contribution in [0, 0.1) is 6.92 Å². The molecule has 0 aliphatic heterocycles. The molecule has 0 unspecified atom stereocenters. The highest BCUT2D eigenvalue weighted by Crippen LogP contribution is 2.33. The van der Waals surface area contributed by atoms with Gasteiger partial charge in [0.05, 0.1) is 6.61 Å². The van der Waals surface area contributed by atoms with E-state index in [0.717, 1.165) is 17.7 Å². The number of thiophene rings is 2. The Bertz CT molecular complexity index is 554. The predicted octanol–water partition coefficient (Wildman–Crippen LogP) is 5.79. The third-order valence-electron chi connectivity index (χ3n) is 3.38. The molecule has 110 valence electrons. The normalized spacial score (nSPS) is 11.1. The molecule has 0 fully saturated rings. The fraction of sp³-hybridized carbons (Fsp3) is 0.562. The Hall–Kier alpha value is -0.870. The van der Waals surface area contributed by atoms with Gasteiger partial charge < -0.3 is 4.74 Å². The van der Waals surface area contributed by atoms with Crippen molar-refractivity contribution in [1.82, 2.24) is 0 Å². The van der Waals surface area contributed by atoms with E-state index in [1.54, 1.807) is 22.7 Å². The minimum atomic E-state index is -0.163.